The van der Waals surface area contributed by atoms with Gasteiger partial charge >= 0.3 is 5.97 Å². The van der Waals surface area contributed by atoms with Crippen LogP contribution < -0.4 is 15.5 Å². The Labute approximate surface area is 209 Å². The van der Waals surface area contributed by atoms with Crippen LogP contribution in [0.3, 0.4) is 0 Å². The third-order valence-corrected chi connectivity index (χ3v) is 5.30. The van der Waals surface area contributed by atoms with Crippen molar-refractivity contribution in [2.24, 2.45) is 5.10 Å². The first-order valence-corrected chi connectivity index (χ1v) is 11.6. The average Bonchev–Trinajstić information content (AvgIpc) is 2.87. The molecule has 0 heterocycles. The van der Waals surface area contributed by atoms with Crippen molar-refractivity contribution in [1.29, 1.82) is 0 Å². The lowest BCUT2D eigenvalue weighted by atomic mass is 10.2. The Morgan fingerprint density at radius 1 is 0.886 bits per heavy atom. The minimum absolute atomic E-state index is 0.0969. The van der Waals surface area contributed by atoms with Crippen molar-refractivity contribution in [2.45, 2.75) is 25.7 Å². The van der Waals surface area contributed by atoms with Crippen LogP contribution in [0.5, 0.6) is 5.75 Å². The largest absolute Gasteiger partial charge is 0.423 e. The molecule has 0 aliphatic heterocycles. The van der Waals surface area contributed by atoms with Crippen LogP contribution >= 0.6 is 11.6 Å². The number of amides is 2. The summed E-state index contributed by atoms with van der Waals surface area (Å²) in [5, 5.41) is 7.14. The standard InChI is InChI=1S/C27H26ClN3O4/c28-24-15-7-6-14-23(24)27(34)35-22-13-9-10-20(18-22)19-30-31-25(32)16-5-2-8-17-29-26(33)21-11-3-1-4-12-21/h1,3-4,6-7,9-15,18-19H,2,5,8,16-17H2,(H,29,33)(H,31,32). The van der Waals surface area contributed by atoms with E-state index in [9.17, 15) is 14.4 Å². The summed E-state index contributed by atoms with van der Waals surface area (Å²) >= 11 is 6.03. The van der Waals surface area contributed by atoms with Gasteiger partial charge in [-0.1, -0.05) is 60.5 Å². The number of halogens is 1. The molecule has 35 heavy (non-hydrogen) atoms. The zero-order chi connectivity index (χ0) is 24.9. The van der Waals surface area contributed by atoms with Gasteiger partial charge in [0.2, 0.25) is 5.91 Å². The molecule has 3 aromatic carbocycles. The normalized spacial score (nSPS) is 10.7. The molecule has 8 heteroatoms. The molecule has 0 unspecified atom stereocenters. The first-order valence-electron chi connectivity index (χ1n) is 11.2. The fourth-order valence-electron chi connectivity index (χ4n) is 3.16. The molecule has 3 rings (SSSR count). The van der Waals surface area contributed by atoms with Crippen LogP contribution in [0.25, 0.3) is 0 Å². The Hall–Kier alpha value is -3.97. The number of nitrogens with zero attached hydrogens (tertiary/aromatic N) is 1. The second kappa shape index (κ2) is 13.7. The summed E-state index contributed by atoms with van der Waals surface area (Å²) in [7, 11) is 0. The topological polar surface area (TPSA) is 96.9 Å². The monoisotopic (exact) mass is 491 g/mol. The van der Waals surface area contributed by atoms with E-state index in [4.69, 9.17) is 16.3 Å². The minimum Gasteiger partial charge on any atom is -0.423 e. The highest BCUT2D eigenvalue weighted by Gasteiger charge is 2.12. The summed E-state index contributed by atoms with van der Waals surface area (Å²) in [5.74, 6) is -0.515. The van der Waals surface area contributed by atoms with E-state index < -0.39 is 5.97 Å². The number of hydrogen-bond acceptors (Lipinski definition) is 5. The molecular weight excluding hydrogens is 466 g/mol. The number of rotatable bonds is 11. The van der Waals surface area contributed by atoms with Gasteiger partial charge in [0, 0.05) is 18.5 Å². The molecule has 0 saturated carbocycles. The van der Waals surface area contributed by atoms with E-state index in [-0.39, 0.29) is 17.4 Å². The SMILES string of the molecule is O=C(CCCCCNC(=O)c1ccccc1)NN=Cc1cccc(OC(=O)c2ccccc2Cl)c1. The van der Waals surface area contributed by atoms with Gasteiger partial charge in [0.05, 0.1) is 16.8 Å². The Morgan fingerprint density at radius 2 is 1.66 bits per heavy atom. The van der Waals surface area contributed by atoms with Gasteiger partial charge in [0.1, 0.15) is 5.75 Å². The predicted octanol–water partition coefficient (Wildman–Crippen LogP) is 5.00. The number of benzene rings is 3. The van der Waals surface area contributed by atoms with Gasteiger partial charge in [-0.05, 0) is 54.8 Å². The molecule has 0 radical (unpaired) electrons. The molecule has 0 spiro atoms. The fraction of sp³-hybridized carbons (Fsp3) is 0.185. The van der Waals surface area contributed by atoms with Crippen molar-refractivity contribution in [3.05, 3.63) is 101 Å². The Kier molecular flexibility index (Phi) is 10.0. The summed E-state index contributed by atoms with van der Waals surface area (Å²) in [6, 6.07) is 22.5. The van der Waals surface area contributed by atoms with Gasteiger partial charge in [-0.15, -0.1) is 0 Å². The van der Waals surface area contributed by atoms with Crippen LogP contribution in [0.15, 0.2) is 84.0 Å². The summed E-state index contributed by atoms with van der Waals surface area (Å²) in [6.07, 6.45) is 4.10. The van der Waals surface area contributed by atoms with E-state index >= 15 is 0 Å². The maximum Gasteiger partial charge on any atom is 0.345 e. The number of nitrogens with one attached hydrogen (secondary N) is 2. The zero-order valence-corrected chi connectivity index (χ0v) is 19.8. The van der Waals surface area contributed by atoms with E-state index in [0.29, 0.717) is 41.3 Å². The quantitative estimate of drug-likeness (QED) is 0.130. The molecule has 0 saturated heterocycles. The van der Waals surface area contributed by atoms with Gasteiger partial charge < -0.3 is 10.1 Å². The molecule has 3 aromatic rings. The molecule has 0 aromatic heterocycles. The molecular formula is C27H26ClN3O4. The lowest BCUT2D eigenvalue weighted by Gasteiger charge is -2.06. The van der Waals surface area contributed by atoms with E-state index in [2.05, 4.69) is 15.8 Å². The number of hydrogen-bond donors (Lipinski definition) is 2. The summed E-state index contributed by atoms with van der Waals surface area (Å²) < 4.78 is 5.38. The number of carbonyl (C=O) groups excluding carboxylic acids is 3. The molecule has 0 bridgehead atoms. The number of carbonyl (C=O) groups is 3. The second-order valence-electron chi connectivity index (χ2n) is 7.67. The van der Waals surface area contributed by atoms with Gasteiger partial charge in [-0.25, -0.2) is 10.2 Å². The number of ether oxygens (including phenoxy) is 1. The third kappa shape index (κ3) is 8.72. The van der Waals surface area contributed by atoms with Gasteiger partial charge in [0.15, 0.2) is 0 Å². The van der Waals surface area contributed by atoms with Crippen LogP contribution in [0.1, 0.15) is 52.0 Å². The van der Waals surface area contributed by atoms with Crippen LogP contribution in [-0.4, -0.2) is 30.5 Å². The molecule has 2 N–H and O–H groups in total. The maximum atomic E-state index is 12.3. The van der Waals surface area contributed by atoms with Crippen LogP contribution in [-0.2, 0) is 4.79 Å². The van der Waals surface area contributed by atoms with Crippen molar-refractivity contribution in [3.63, 3.8) is 0 Å². The molecule has 7 nitrogen and oxygen atoms in total. The van der Waals surface area contributed by atoms with Crippen molar-refractivity contribution in [1.82, 2.24) is 10.7 Å². The summed E-state index contributed by atoms with van der Waals surface area (Å²) in [4.78, 5) is 36.2. The van der Waals surface area contributed by atoms with Gasteiger partial charge in [-0.2, -0.15) is 5.10 Å². The number of unbranched alkanes of at least 4 members (excludes halogenated alkanes) is 2. The molecule has 0 fully saturated rings. The van der Waals surface area contributed by atoms with Crippen molar-refractivity contribution >= 4 is 35.6 Å². The molecule has 0 aliphatic rings. The highest BCUT2D eigenvalue weighted by molar-refractivity contribution is 6.33. The highest BCUT2D eigenvalue weighted by Crippen LogP contribution is 2.19. The lowest BCUT2D eigenvalue weighted by Crippen LogP contribution is -2.24. The first-order chi connectivity index (χ1) is 17.0. The highest BCUT2D eigenvalue weighted by atomic mass is 35.5. The Morgan fingerprint density at radius 3 is 2.46 bits per heavy atom. The summed E-state index contributed by atoms with van der Waals surface area (Å²) in [5.41, 5.74) is 4.06. The van der Waals surface area contributed by atoms with Crippen molar-refractivity contribution < 1.29 is 19.1 Å². The first kappa shape index (κ1) is 25.6. The van der Waals surface area contributed by atoms with Crippen molar-refractivity contribution in [3.8, 4) is 5.75 Å². The number of esters is 1. The maximum absolute atomic E-state index is 12.3. The Bertz CT molecular complexity index is 1180. The molecule has 180 valence electrons. The molecule has 2 amide bonds. The number of hydrazone groups is 1. The summed E-state index contributed by atoms with van der Waals surface area (Å²) in [6.45, 7) is 0.560. The minimum atomic E-state index is -0.558. The van der Waals surface area contributed by atoms with Crippen LogP contribution in [0, 0.1) is 0 Å². The second-order valence-corrected chi connectivity index (χ2v) is 8.07. The van der Waals surface area contributed by atoms with Gasteiger partial charge in [0.25, 0.3) is 5.91 Å². The molecule has 0 aliphatic carbocycles. The van der Waals surface area contributed by atoms with E-state index in [1.54, 1.807) is 60.7 Å². The van der Waals surface area contributed by atoms with Crippen LogP contribution in [0.2, 0.25) is 5.02 Å². The third-order valence-electron chi connectivity index (χ3n) is 4.97. The van der Waals surface area contributed by atoms with Crippen LogP contribution in [0.4, 0.5) is 0 Å². The van der Waals surface area contributed by atoms with Crippen molar-refractivity contribution in [2.75, 3.05) is 6.54 Å². The van der Waals surface area contributed by atoms with E-state index in [1.165, 1.54) is 6.21 Å². The smallest absolute Gasteiger partial charge is 0.345 e. The van der Waals surface area contributed by atoms with E-state index in [0.717, 1.165) is 12.8 Å². The fourth-order valence-corrected chi connectivity index (χ4v) is 3.38. The predicted molar refractivity (Wildman–Crippen MR) is 136 cm³/mol. The lowest BCUT2D eigenvalue weighted by molar-refractivity contribution is -0.121. The zero-order valence-electron chi connectivity index (χ0n) is 19.1. The van der Waals surface area contributed by atoms with Gasteiger partial charge in [-0.3, -0.25) is 9.59 Å². The Balaban J connectivity index is 1.34. The average molecular weight is 492 g/mol. The molecule has 0 atom stereocenters. The van der Waals surface area contributed by atoms with E-state index in [1.807, 2.05) is 18.2 Å².